The Bertz CT molecular complexity index is 838. The van der Waals surface area contributed by atoms with Gasteiger partial charge >= 0.3 is 6.18 Å². The summed E-state index contributed by atoms with van der Waals surface area (Å²) in [5.74, 6) is 0.707. The van der Waals surface area contributed by atoms with Crippen LogP contribution in [-0.4, -0.2) is 42.4 Å². The first-order valence-electron chi connectivity index (χ1n) is 8.99. The van der Waals surface area contributed by atoms with Gasteiger partial charge in [0.2, 0.25) is 5.91 Å². The lowest BCUT2D eigenvalue weighted by Gasteiger charge is -2.27. The van der Waals surface area contributed by atoms with Crippen LogP contribution in [0, 0.1) is 0 Å². The highest BCUT2D eigenvalue weighted by molar-refractivity contribution is 6.10. The monoisotopic (exact) mass is 376 g/mol. The van der Waals surface area contributed by atoms with Gasteiger partial charge in [0.25, 0.3) is 0 Å². The number of fused-ring (bicyclic) bond motifs is 1. The third-order valence-electron chi connectivity index (χ3n) is 5.01. The van der Waals surface area contributed by atoms with Crippen LogP contribution in [-0.2, 0) is 15.7 Å². The molecule has 1 aliphatic carbocycles. The Morgan fingerprint density at radius 3 is 2.63 bits per heavy atom. The third kappa shape index (κ3) is 3.56. The van der Waals surface area contributed by atoms with Gasteiger partial charge in [-0.15, -0.1) is 0 Å². The van der Waals surface area contributed by atoms with E-state index in [1.54, 1.807) is 4.90 Å². The van der Waals surface area contributed by atoms with Gasteiger partial charge in [0.05, 0.1) is 24.8 Å². The smallest absolute Gasteiger partial charge is 0.371 e. The van der Waals surface area contributed by atoms with E-state index in [2.05, 4.69) is 4.99 Å². The molecule has 0 N–H and O–H groups in total. The lowest BCUT2D eigenvalue weighted by Crippen LogP contribution is -2.37. The number of nitrogens with zero attached hydrogens (tertiary/aromatic N) is 2. The van der Waals surface area contributed by atoms with Crippen molar-refractivity contribution in [2.45, 2.75) is 31.5 Å². The molecule has 1 unspecified atom stereocenters. The number of likely N-dealkylation sites (tertiary alicyclic amines) is 1. The van der Waals surface area contributed by atoms with Gasteiger partial charge in [-0.05, 0) is 42.2 Å². The van der Waals surface area contributed by atoms with Crippen molar-refractivity contribution in [3.8, 4) is 0 Å². The second kappa shape index (κ2) is 6.96. The average molecular weight is 376 g/mol. The topological polar surface area (TPSA) is 41.9 Å². The number of halogens is 3. The second-order valence-electron chi connectivity index (χ2n) is 6.78. The summed E-state index contributed by atoms with van der Waals surface area (Å²) in [6.07, 6.45) is 1.24. The van der Waals surface area contributed by atoms with Gasteiger partial charge in [-0.1, -0.05) is 18.2 Å². The van der Waals surface area contributed by atoms with Crippen molar-refractivity contribution in [3.05, 3.63) is 53.1 Å². The number of ether oxygens (including phenoxy) is 1. The summed E-state index contributed by atoms with van der Waals surface area (Å²) in [4.78, 5) is 18.5. The summed E-state index contributed by atoms with van der Waals surface area (Å²) in [6, 6.07) is 5.12. The molecule has 1 amide bonds. The van der Waals surface area contributed by atoms with E-state index >= 15 is 0 Å². The van der Waals surface area contributed by atoms with Gasteiger partial charge < -0.3 is 4.74 Å². The number of benzene rings is 1. The Hall–Kier alpha value is -2.41. The Labute approximate surface area is 155 Å². The van der Waals surface area contributed by atoms with Crippen molar-refractivity contribution >= 4 is 17.3 Å². The van der Waals surface area contributed by atoms with E-state index in [0.29, 0.717) is 43.9 Å². The molecule has 0 bridgehead atoms. The van der Waals surface area contributed by atoms with E-state index in [9.17, 15) is 18.0 Å². The van der Waals surface area contributed by atoms with Crippen LogP contribution in [0.1, 0.15) is 30.4 Å². The Balaban J connectivity index is 1.66. The minimum Gasteiger partial charge on any atom is -0.371 e. The van der Waals surface area contributed by atoms with Crippen molar-refractivity contribution in [3.63, 3.8) is 0 Å². The van der Waals surface area contributed by atoms with E-state index in [1.807, 2.05) is 12.2 Å². The molecule has 142 valence electrons. The number of carbonyl (C=O) groups excluding carboxylic acids is 1. The largest absolute Gasteiger partial charge is 0.416 e. The number of aliphatic imine (C=N–C) groups is 1. The van der Waals surface area contributed by atoms with Gasteiger partial charge in [0.1, 0.15) is 5.84 Å². The van der Waals surface area contributed by atoms with Gasteiger partial charge in [-0.25, -0.2) is 0 Å². The summed E-state index contributed by atoms with van der Waals surface area (Å²) in [7, 11) is 0. The fraction of sp³-hybridized carbons (Fsp3) is 0.400. The van der Waals surface area contributed by atoms with Crippen molar-refractivity contribution < 1.29 is 22.7 Å². The van der Waals surface area contributed by atoms with Gasteiger partial charge in [0.15, 0.2) is 0 Å². The number of alkyl halides is 3. The van der Waals surface area contributed by atoms with Crippen LogP contribution in [0.25, 0.3) is 5.57 Å². The van der Waals surface area contributed by atoms with E-state index in [1.165, 1.54) is 12.1 Å². The second-order valence-corrected chi connectivity index (χ2v) is 6.78. The zero-order chi connectivity index (χ0) is 19.0. The molecule has 7 heteroatoms. The number of hydrogen-bond donors (Lipinski definition) is 0. The van der Waals surface area contributed by atoms with Gasteiger partial charge in [0, 0.05) is 18.5 Å². The molecule has 0 saturated carbocycles. The van der Waals surface area contributed by atoms with E-state index in [0.717, 1.165) is 29.7 Å². The molecule has 1 saturated heterocycles. The number of carbonyl (C=O) groups is 1. The Morgan fingerprint density at radius 2 is 1.96 bits per heavy atom. The highest BCUT2D eigenvalue weighted by Crippen LogP contribution is 2.33. The van der Waals surface area contributed by atoms with Crippen LogP contribution >= 0.6 is 0 Å². The first-order chi connectivity index (χ1) is 12.9. The normalized spacial score (nSPS) is 23.4. The minimum absolute atomic E-state index is 0.0564. The average Bonchev–Trinajstić information content (AvgIpc) is 2.96. The fourth-order valence-electron chi connectivity index (χ4n) is 3.65. The lowest BCUT2D eigenvalue weighted by molar-refractivity contribution is -0.137. The molecule has 27 heavy (non-hydrogen) atoms. The SMILES string of the molecule is O=C1CCCN1C1=NCCOC2CC=C(c3ccc(C(F)(F)F)cc3)C=C12. The standard InChI is InChI=1S/C20H19F3N2O2/c21-20(22,23)15-6-3-13(4-7-15)14-5-8-17-16(12-14)19(24-9-11-27-17)25-10-1-2-18(25)26/h3-7,12,17H,1-2,8-11H2. The van der Waals surface area contributed by atoms with Crippen LogP contribution in [0.5, 0.6) is 0 Å². The van der Waals surface area contributed by atoms with Crippen LogP contribution < -0.4 is 0 Å². The molecule has 4 nitrogen and oxygen atoms in total. The molecular weight excluding hydrogens is 357 g/mol. The summed E-state index contributed by atoms with van der Waals surface area (Å²) < 4.78 is 44.2. The first kappa shape index (κ1) is 18.0. The molecular formula is C20H19F3N2O2. The van der Waals surface area contributed by atoms with Crippen LogP contribution in [0.4, 0.5) is 13.2 Å². The molecule has 2 aliphatic heterocycles. The molecule has 4 rings (SSSR count). The number of amidine groups is 1. The maximum atomic E-state index is 12.8. The van der Waals surface area contributed by atoms with Gasteiger partial charge in [-0.2, -0.15) is 13.2 Å². The molecule has 1 atom stereocenters. The highest BCUT2D eigenvalue weighted by Gasteiger charge is 2.33. The maximum Gasteiger partial charge on any atom is 0.416 e. The third-order valence-corrected chi connectivity index (χ3v) is 5.01. The predicted molar refractivity (Wildman–Crippen MR) is 95.1 cm³/mol. The minimum atomic E-state index is -4.35. The summed E-state index contributed by atoms with van der Waals surface area (Å²) >= 11 is 0. The van der Waals surface area contributed by atoms with E-state index in [-0.39, 0.29) is 12.0 Å². The highest BCUT2D eigenvalue weighted by atomic mass is 19.4. The number of allylic oxidation sites excluding steroid dienone is 2. The van der Waals surface area contributed by atoms with Crippen molar-refractivity contribution in [2.24, 2.45) is 4.99 Å². The first-order valence-corrected chi connectivity index (χ1v) is 8.99. The lowest BCUT2D eigenvalue weighted by atomic mass is 9.91. The van der Waals surface area contributed by atoms with Crippen LogP contribution in [0.15, 0.2) is 47.0 Å². The molecule has 1 fully saturated rings. The van der Waals surface area contributed by atoms with Crippen LogP contribution in [0.2, 0.25) is 0 Å². The van der Waals surface area contributed by atoms with E-state index < -0.39 is 11.7 Å². The van der Waals surface area contributed by atoms with E-state index in [4.69, 9.17) is 4.74 Å². The maximum absolute atomic E-state index is 12.8. The molecule has 0 spiro atoms. The molecule has 0 aromatic heterocycles. The van der Waals surface area contributed by atoms with Crippen molar-refractivity contribution in [2.75, 3.05) is 19.7 Å². The summed E-state index contributed by atoms with van der Waals surface area (Å²) in [5.41, 5.74) is 1.68. The van der Waals surface area contributed by atoms with Crippen molar-refractivity contribution in [1.82, 2.24) is 4.90 Å². The zero-order valence-electron chi connectivity index (χ0n) is 14.6. The summed E-state index contributed by atoms with van der Waals surface area (Å²) in [6.45, 7) is 1.61. The molecule has 1 aromatic rings. The molecule has 3 aliphatic rings. The Morgan fingerprint density at radius 1 is 1.19 bits per heavy atom. The number of rotatable bonds is 1. The summed E-state index contributed by atoms with van der Waals surface area (Å²) in [5, 5.41) is 0. The fourth-order valence-corrected chi connectivity index (χ4v) is 3.65. The van der Waals surface area contributed by atoms with Crippen molar-refractivity contribution in [1.29, 1.82) is 0 Å². The molecule has 1 aromatic carbocycles. The molecule has 2 heterocycles. The van der Waals surface area contributed by atoms with Gasteiger partial charge in [-0.3, -0.25) is 14.7 Å². The number of amides is 1. The van der Waals surface area contributed by atoms with Crippen LogP contribution in [0.3, 0.4) is 0 Å². The number of hydrogen-bond acceptors (Lipinski definition) is 3. The molecule has 0 radical (unpaired) electrons. The quantitative estimate of drug-likeness (QED) is 0.747. The Kier molecular flexibility index (Phi) is 4.63. The predicted octanol–water partition coefficient (Wildman–Crippen LogP) is 3.84. The zero-order valence-corrected chi connectivity index (χ0v) is 14.6.